The number of nitrogens with one attached hydrogen (secondary N) is 2. The molecular weight excluding hydrogens is 242 g/mol. The summed E-state index contributed by atoms with van der Waals surface area (Å²) in [6.45, 7) is 4.38. The number of carbonyl (C=O) groups is 1. The van der Waals surface area contributed by atoms with Crippen LogP contribution in [0.5, 0.6) is 0 Å². The molecule has 0 aliphatic rings. The van der Waals surface area contributed by atoms with Gasteiger partial charge in [-0.3, -0.25) is 4.98 Å². The van der Waals surface area contributed by atoms with Gasteiger partial charge in [0.1, 0.15) is 5.76 Å². The molecule has 0 radical (unpaired) electrons. The van der Waals surface area contributed by atoms with Gasteiger partial charge in [-0.15, -0.1) is 6.58 Å². The van der Waals surface area contributed by atoms with Crippen LogP contribution < -0.4 is 10.6 Å². The maximum atomic E-state index is 11.4. The summed E-state index contributed by atoms with van der Waals surface area (Å²) in [6.07, 6.45) is 6.67. The predicted octanol–water partition coefficient (Wildman–Crippen LogP) is 2.33. The average Bonchev–Trinajstić information content (AvgIpc) is 2.97. The summed E-state index contributed by atoms with van der Waals surface area (Å²) in [5.41, 5.74) is 1.79. The summed E-state index contributed by atoms with van der Waals surface area (Å²) in [5.74, 6) is 0.755. The van der Waals surface area contributed by atoms with Crippen molar-refractivity contribution in [3.8, 4) is 11.3 Å². The highest BCUT2D eigenvalue weighted by molar-refractivity contribution is 5.74. The molecule has 2 amide bonds. The quantitative estimate of drug-likeness (QED) is 0.808. The number of pyridine rings is 1. The highest BCUT2D eigenvalue weighted by atomic mass is 16.3. The molecule has 0 fully saturated rings. The maximum Gasteiger partial charge on any atom is 0.315 e. The van der Waals surface area contributed by atoms with E-state index in [0.717, 1.165) is 16.9 Å². The van der Waals surface area contributed by atoms with E-state index < -0.39 is 0 Å². The summed E-state index contributed by atoms with van der Waals surface area (Å²) in [7, 11) is 0. The zero-order chi connectivity index (χ0) is 13.5. The van der Waals surface area contributed by atoms with E-state index >= 15 is 0 Å². The molecule has 2 aromatic heterocycles. The van der Waals surface area contributed by atoms with Crippen molar-refractivity contribution in [2.24, 2.45) is 0 Å². The Labute approximate surface area is 111 Å². The first-order chi connectivity index (χ1) is 9.29. The van der Waals surface area contributed by atoms with Gasteiger partial charge in [0, 0.05) is 31.0 Å². The first kappa shape index (κ1) is 12.9. The zero-order valence-electron chi connectivity index (χ0n) is 10.4. The minimum Gasteiger partial charge on any atom is -0.464 e. The van der Waals surface area contributed by atoms with Crippen LogP contribution in [0, 0.1) is 0 Å². The molecule has 0 saturated carbocycles. The van der Waals surface area contributed by atoms with Gasteiger partial charge in [-0.05, 0) is 23.8 Å². The Morgan fingerprint density at radius 1 is 1.42 bits per heavy atom. The molecule has 19 heavy (non-hydrogen) atoms. The van der Waals surface area contributed by atoms with Crippen LogP contribution >= 0.6 is 0 Å². The molecule has 0 spiro atoms. The Morgan fingerprint density at radius 3 is 3.05 bits per heavy atom. The SMILES string of the molecule is C=CCNC(=O)NCc1cncc(-c2ccco2)c1. The van der Waals surface area contributed by atoms with Crippen LogP contribution in [0.15, 0.2) is 53.9 Å². The summed E-state index contributed by atoms with van der Waals surface area (Å²) >= 11 is 0. The van der Waals surface area contributed by atoms with Crippen molar-refractivity contribution in [2.75, 3.05) is 6.54 Å². The van der Waals surface area contributed by atoms with Crippen LogP contribution in [-0.4, -0.2) is 17.6 Å². The lowest BCUT2D eigenvalue weighted by molar-refractivity contribution is 0.241. The minimum absolute atomic E-state index is 0.233. The molecule has 0 bridgehead atoms. The summed E-state index contributed by atoms with van der Waals surface area (Å²) in [6, 6.07) is 5.39. The lowest BCUT2D eigenvalue weighted by Gasteiger charge is -2.06. The van der Waals surface area contributed by atoms with E-state index in [2.05, 4.69) is 22.2 Å². The number of nitrogens with zero attached hydrogens (tertiary/aromatic N) is 1. The van der Waals surface area contributed by atoms with Crippen LogP contribution in [-0.2, 0) is 6.54 Å². The number of rotatable bonds is 5. The highest BCUT2D eigenvalue weighted by Gasteiger charge is 2.04. The fraction of sp³-hybridized carbons (Fsp3) is 0.143. The third-order valence-electron chi connectivity index (χ3n) is 2.46. The molecule has 0 atom stereocenters. The van der Waals surface area contributed by atoms with Crippen molar-refractivity contribution in [2.45, 2.75) is 6.54 Å². The molecule has 0 aliphatic carbocycles. The second kappa shape index (κ2) is 6.39. The van der Waals surface area contributed by atoms with E-state index in [0.29, 0.717) is 13.1 Å². The Balaban J connectivity index is 1.96. The minimum atomic E-state index is -0.233. The normalized spacial score (nSPS) is 9.89. The maximum absolute atomic E-state index is 11.4. The predicted molar refractivity (Wildman–Crippen MR) is 72.4 cm³/mol. The van der Waals surface area contributed by atoms with Gasteiger partial charge < -0.3 is 15.1 Å². The van der Waals surface area contributed by atoms with Crippen molar-refractivity contribution in [3.63, 3.8) is 0 Å². The molecule has 2 aromatic rings. The largest absolute Gasteiger partial charge is 0.464 e. The number of aromatic nitrogens is 1. The molecule has 0 aliphatic heterocycles. The van der Waals surface area contributed by atoms with E-state index in [1.807, 2.05) is 18.2 Å². The lowest BCUT2D eigenvalue weighted by atomic mass is 10.1. The van der Waals surface area contributed by atoms with Crippen LogP contribution in [0.25, 0.3) is 11.3 Å². The van der Waals surface area contributed by atoms with Crippen molar-refractivity contribution in [1.82, 2.24) is 15.6 Å². The van der Waals surface area contributed by atoms with E-state index in [1.165, 1.54) is 0 Å². The number of hydrogen-bond acceptors (Lipinski definition) is 3. The number of carbonyl (C=O) groups excluding carboxylic acids is 1. The molecule has 0 aromatic carbocycles. The molecule has 5 heteroatoms. The fourth-order valence-corrected chi connectivity index (χ4v) is 1.57. The van der Waals surface area contributed by atoms with Crippen LogP contribution in [0.2, 0.25) is 0 Å². The van der Waals surface area contributed by atoms with Crippen molar-refractivity contribution in [1.29, 1.82) is 0 Å². The molecule has 2 rings (SSSR count). The van der Waals surface area contributed by atoms with E-state index in [4.69, 9.17) is 4.42 Å². The molecule has 98 valence electrons. The highest BCUT2D eigenvalue weighted by Crippen LogP contribution is 2.19. The fourth-order valence-electron chi connectivity index (χ4n) is 1.57. The van der Waals surface area contributed by atoms with Crippen LogP contribution in [0.1, 0.15) is 5.56 Å². The number of furan rings is 1. The molecule has 0 unspecified atom stereocenters. The standard InChI is InChI=1S/C14H15N3O2/c1-2-5-16-14(18)17-9-11-7-12(10-15-8-11)13-4-3-6-19-13/h2-4,6-8,10H,1,5,9H2,(H2,16,17,18). The van der Waals surface area contributed by atoms with Crippen LogP contribution in [0.4, 0.5) is 4.79 Å². The second-order valence-corrected chi connectivity index (χ2v) is 3.91. The van der Waals surface area contributed by atoms with Gasteiger partial charge in [-0.25, -0.2) is 4.79 Å². The summed E-state index contributed by atoms with van der Waals surface area (Å²) in [5, 5.41) is 5.38. The monoisotopic (exact) mass is 257 g/mol. The summed E-state index contributed by atoms with van der Waals surface area (Å²) < 4.78 is 5.30. The van der Waals surface area contributed by atoms with Gasteiger partial charge in [0.25, 0.3) is 0 Å². The Hall–Kier alpha value is -2.56. The average molecular weight is 257 g/mol. The molecule has 2 heterocycles. The molecular formula is C14H15N3O2. The van der Waals surface area contributed by atoms with Crippen LogP contribution in [0.3, 0.4) is 0 Å². The topological polar surface area (TPSA) is 67.2 Å². The molecule has 2 N–H and O–H groups in total. The Kier molecular flexibility index (Phi) is 4.34. The Bertz CT molecular complexity index is 550. The second-order valence-electron chi connectivity index (χ2n) is 3.91. The van der Waals surface area contributed by atoms with Gasteiger partial charge in [0.15, 0.2) is 0 Å². The molecule has 0 saturated heterocycles. The Morgan fingerprint density at radius 2 is 2.32 bits per heavy atom. The van der Waals surface area contributed by atoms with Crippen molar-refractivity contribution in [3.05, 3.63) is 55.1 Å². The zero-order valence-corrected chi connectivity index (χ0v) is 10.4. The first-order valence-electron chi connectivity index (χ1n) is 5.90. The van der Waals surface area contributed by atoms with Crippen molar-refractivity contribution < 1.29 is 9.21 Å². The first-order valence-corrected chi connectivity index (χ1v) is 5.90. The van der Waals surface area contributed by atoms with E-state index in [9.17, 15) is 4.79 Å². The number of amides is 2. The number of urea groups is 1. The molecule has 5 nitrogen and oxygen atoms in total. The number of hydrogen-bond donors (Lipinski definition) is 2. The van der Waals surface area contributed by atoms with Gasteiger partial charge in [0.2, 0.25) is 0 Å². The summed E-state index contributed by atoms with van der Waals surface area (Å²) in [4.78, 5) is 15.5. The van der Waals surface area contributed by atoms with E-state index in [1.54, 1.807) is 24.7 Å². The van der Waals surface area contributed by atoms with Gasteiger partial charge in [-0.1, -0.05) is 6.08 Å². The third-order valence-corrected chi connectivity index (χ3v) is 2.46. The van der Waals surface area contributed by atoms with Gasteiger partial charge >= 0.3 is 6.03 Å². The smallest absolute Gasteiger partial charge is 0.315 e. The third kappa shape index (κ3) is 3.70. The van der Waals surface area contributed by atoms with Crippen molar-refractivity contribution >= 4 is 6.03 Å². The lowest BCUT2D eigenvalue weighted by Crippen LogP contribution is -2.34. The van der Waals surface area contributed by atoms with E-state index in [-0.39, 0.29) is 6.03 Å². The van der Waals surface area contributed by atoms with Gasteiger partial charge in [-0.2, -0.15) is 0 Å². The van der Waals surface area contributed by atoms with Gasteiger partial charge in [0.05, 0.1) is 6.26 Å².